The summed E-state index contributed by atoms with van der Waals surface area (Å²) in [5.41, 5.74) is 0.679. The van der Waals surface area contributed by atoms with Crippen LogP contribution in [0.15, 0.2) is 28.7 Å². The second-order valence-electron chi connectivity index (χ2n) is 2.31. The van der Waals surface area contributed by atoms with E-state index in [1.54, 1.807) is 18.2 Å². The minimum absolute atomic E-state index is 0.514. The number of halogens is 2. The molecular weight excluding hydrogens is 255 g/mol. The monoisotopic (exact) mass is 260 g/mol. The lowest BCUT2D eigenvalue weighted by atomic mass is 10.2. The normalized spacial score (nSPS) is 10.6. The van der Waals surface area contributed by atoms with Gasteiger partial charge in [0.2, 0.25) is 0 Å². The Labute approximate surface area is 89.0 Å². The summed E-state index contributed by atoms with van der Waals surface area (Å²) in [5, 5.41) is 8.91. The fourth-order valence-corrected chi connectivity index (χ4v) is 1.38. The summed E-state index contributed by atoms with van der Waals surface area (Å²) in [6.07, 6.45) is 2.50. The van der Waals surface area contributed by atoms with Gasteiger partial charge in [-0.25, -0.2) is 4.79 Å². The molecule has 0 aliphatic carbocycles. The Kier molecular flexibility index (Phi) is 3.51. The topological polar surface area (TPSA) is 37.3 Å². The molecule has 0 heterocycles. The maximum Gasteiger partial charge on any atom is 0.328 e. The largest absolute Gasteiger partial charge is 0.478 e. The molecule has 0 bridgehead atoms. The van der Waals surface area contributed by atoms with E-state index in [-0.39, 0.29) is 0 Å². The maximum atomic E-state index is 10.2. The molecule has 0 aliphatic heterocycles. The quantitative estimate of drug-likeness (QED) is 0.830. The maximum absolute atomic E-state index is 10.2. The highest BCUT2D eigenvalue weighted by atomic mass is 79.9. The molecule has 0 fully saturated rings. The van der Waals surface area contributed by atoms with Gasteiger partial charge in [0.1, 0.15) is 0 Å². The summed E-state index contributed by atoms with van der Waals surface area (Å²) in [4.78, 5) is 10.2. The molecule has 0 amide bonds. The van der Waals surface area contributed by atoms with Gasteiger partial charge in [-0.2, -0.15) is 0 Å². The molecule has 1 N–H and O–H groups in total. The van der Waals surface area contributed by atoms with Gasteiger partial charge < -0.3 is 5.11 Å². The van der Waals surface area contributed by atoms with Crippen LogP contribution in [0.4, 0.5) is 0 Å². The molecule has 0 aromatic heterocycles. The molecule has 0 atom stereocenters. The van der Waals surface area contributed by atoms with Crippen molar-refractivity contribution >= 4 is 39.6 Å². The molecule has 1 rings (SSSR count). The van der Waals surface area contributed by atoms with Crippen LogP contribution >= 0.6 is 27.5 Å². The standard InChI is InChI=1S/C9H6BrClO2/c10-7-3-1-2-6(9(7)11)4-5-8(12)13/h1-5H,(H,12,13). The Morgan fingerprint density at radius 2 is 2.23 bits per heavy atom. The third-order valence-corrected chi connectivity index (χ3v) is 2.70. The lowest BCUT2D eigenvalue weighted by molar-refractivity contribution is -0.131. The Hall–Kier alpha value is -0.800. The van der Waals surface area contributed by atoms with Crippen LogP contribution in [-0.2, 0) is 4.79 Å². The second-order valence-corrected chi connectivity index (χ2v) is 3.55. The van der Waals surface area contributed by atoms with Crippen molar-refractivity contribution < 1.29 is 9.90 Å². The van der Waals surface area contributed by atoms with Crippen molar-refractivity contribution in [3.63, 3.8) is 0 Å². The van der Waals surface area contributed by atoms with E-state index in [0.29, 0.717) is 10.6 Å². The van der Waals surface area contributed by atoms with Gasteiger partial charge in [0.05, 0.1) is 5.02 Å². The van der Waals surface area contributed by atoms with E-state index >= 15 is 0 Å². The summed E-state index contributed by atoms with van der Waals surface area (Å²) < 4.78 is 0.752. The van der Waals surface area contributed by atoms with Gasteiger partial charge in [0, 0.05) is 10.5 Å². The number of rotatable bonds is 2. The third kappa shape index (κ3) is 2.86. The number of aliphatic carboxylic acids is 1. The molecule has 0 saturated heterocycles. The molecule has 68 valence electrons. The van der Waals surface area contributed by atoms with Crippen molar-refractivity contribution in [3.8, 4) is 0 Å². The second kappa shape index (κ2) is 4.44. The van der Waals surface area contributed by atoms with Crippen LogP contribution in [0.2, 0.25) is 5.02 Å². The van der Waals surface area contributed by atoms with Gasteiger partial charge in [-0.3, -0.25) is 0 Å². The molecule has 0 unspecified atom stereocenters. The average molecular weight is 262 g/mol. The van der Waals surface area contributed by atoms with Gasteiger partial charge in [0.15, 0.2) is 0 Å². The number of carbonyl (C=O) groups is 1. The van der Waals surface area contributed by atoms with Gasteiger partial charge in [-0.05, 0) is 33.6 Å². The van der Waals surface area contributed by atoms with Gasteiger partial charge in [0.25, 0.3) is 0 Å². The predicted octanol–water partition coefficient (Wildman–Crippen LogP) is 3.20. The summed E-state index contributed by atoms with van der Waals surface area (Å²) >= 11 is 9.13. The zero-order valence-corrected chi connectivity index (χ0v) is 8.84. The minimum Gasteiger partial charge on any atom is -0.478 e. The van der Waals surface area contributed by atoms with E-state index in [2.05, 4.69) is 15.9 Å². The number of carboxylic acids is 1. The van der Waals surface area contributed by atoms with E-state index in [1.807, 2.05) is 0 Å². The average Bonchev–Trinajstić information content (AvgIpc) is 2.07. The van der Waals surface area contributed by atoms with Crippen molar-refractivity contribution in [1.82, 2.24) is 0 Å². The number of hydrogen-bond donors (Lipinski definition) is 1. The first-order valence-corrected chi connectivity index (χ1v) is 4.63. The molecule has 0 aliphatic rings. The molecule has 1 aromatic rings. The smallest absolute Gasteiger partial charge is 0.328 e. The number of hydrogen-bond acceptors (Lipinski definition) is 1. The summed E-state index contributed by atoms with van der Waals surface area (Å²) in [6, 6.07) is 5.32. The predicted molar refractivity (Wildman–Crippen MR) is 55.8 cm³/mol. The highest BCUT2D eigenvalue weighted by Gasteiger charge is 2.00. The van der Waals surface area contributed by atoms with Crippen molar-refractivity contribution in [2.45, 2.75) is 0 Å². The van der Waals surface area contributed by atoms with Crippen LogP contribution in [0.3, 0.4) is 0 Å². The van der Waals surface area contributed by atoms with E-state index in [4.69, 9.17) is 16.7 Å². The molecule has 2 nitrogen and oxygen atoms in total. The third-order valence-electron chi connectivity index (χ3n) is 1.39. The number of carboxylic acid groups (broad SMARTS) is 1. The Balaban J connectivity index is 3.02. The van der Waals surface area contributed by atoms with Crippen LogP contribution in [-0.4, -0.2) is 11.1 Å². The van der Waals surface area contributed by atoms with Crippen molar-refractivity contribution in [2.75, 3.05) is 0 Å². The van der Waals surface area contributed by atoms with E-state index in [0.717, 1.165) is 10.5 Å². The highest BCUT2D eigenvalue weighted by Crippen LogP contribution is 2.26. The lowest BCUT2D eigenvalue weighted by Crippen LogP contribution is -1.86. The molecule has 4 heteroatoms. The zero-order valence-electron chi connectivity index (χ0n) is 6.50. The Bertz CT molecular complexity index is 361. The van der Waals surface area contributed by atoms with Crippen molar-refractivity contribution in [3.05, 3.63) is 39.3 Å². The van der Waals surface area contributed by atoms with Crippen LogP contribution in [0.25, 0.3) is 6.08 Å². The first-order valence-electron chi connectivity index (χ1n) is 3.46. The van der Waals surface area contributed by atoms with Crippen LogP contribution in [0.5, 0.6) is 0 Å². The Morgan fingerprint density at radius 1 is 1.54 bits per heavy atom. The highest BCUT2D eigenvalue weighted by molar-refractivity contribution is 9.10. The summed E-state index contributed by atoms with van der Waals surface area (Å²) in [5.74, 6) is -0.990. The van der Waals surface area contributed by atoms with E-state index in [9.17, 15) is 4.79 Å². The number of benzene rings is 1. The van der Waals surface area contributed by atoms with E-state index in [1.165, 1.54) is 6.08 Å². The van der Waals surface area contributed by atoms with E-state index < -0.39 is 5.97 Å². The minimum atomic E-state index is -0.990. The molecule has 0 radical (unpaired) electrons. The fraction of sp³-hybridized carbons (Fsp3) is 0. The molecular formula is C9H6BrClO2. The van der Waals surface area contributed by atoms with Gasteiger partial charge in [-0.15, -0.1) is 0 Å². The molecule has 0 spiro atoms. The van der Waals surface area contributed by atoms with Crippen molar-refractivity contribution in [2.24, 2.45) is 0 Å². The lowest BCUT2D eigenvalue weighted by Gasteiger charge is -1.98. The zero-order chi connectivity index (χ0) is 9.84. The van der Waals surface area contributed by atoms with Crippen LogP contribution < -0.4 is 0 Å². The molecule has 0 saturated carbocycles. The fourth-order valence-electron chi connectivity index (χ4n) is 0.810. The van der Waals surface area contributed by atoms with Gasteiger partial charge in [-0.1, -0.05) is 23.7 Å². The van der Waals surface area contributed by atoms with Crippen molar-refractivity contribution in [1.29, 1.82) is 0 Å². The molecule has 1 aromatic carbocycles. The van der Waals surface area contributed by atoms with Crippen LogP contribution in [0, 0.1) is 0 Å². The van der Waals surface area contributed by atoms with Gasteiger partial charge >= 0.3 is 5.97 Å². The Morgan fingerprint density at radius 3 is 2.85 bits per heavy atom. The SMILES string of the molecule is O=C(O)C=Cc1cccc(Br)c1Cl. The summed E-state index contributed by atoms with van der Waals surface area (Å²) in [7, 11) is 0. The summed E-state index contributed by atoms with van der Waals surface area (Å²) in [6.45, 7) is 0. The first kappa shape index (κ1) is 10.3. The molecule has 13 heavy (non-hydrogen) atoms. The first-order chi connectivity index (χ1) is 6.11. The van der Waals surface area contributed by atoms with Crippen LogP contribution in [0.1, 0.15) is 5.56 Å².